The zero-order valence-corrected chi connectivity index (χ0v) is 12.4. The van der Waals surface area contributed by atoms with E-state index < -0.39 is 0 Å². The summed E-state index contributed by atoms with van der Waals surface area (Å²) >= 11 is 0. The predicted molar refractivity (Wildman–Crippen MR) is 80.3 cm³/mol. The van der Waals surface area contributed by atoms with Crippen LogP contribution in [-0.2, 0) is 0 Å². The summed E-state index contributed by atoms with van der Waals surface area (Å²) in [5.74, 6) is 0.935. The lowest BCUT2D eigenvalue weighted by atomic mass is 10.2. The van der Waals surface area contributed by atoms with E-state index in [0.29, 0.717) is 11.5 Å². The van der Waals surface area contributed by atoms with Gasteiger partial charge in [-0.3, -0.25) is 0 Å². The summed E-state index contributed by atoms with van der Waals surface area (Å²) in [7, 11) is 0. The Bertz CT molecular complexity index is 449. The van der Waals surface area contributed by atoms with Crippen molar-refractivity contribution in [2.75, 3.05) is 0 Å². The van der Waals surface area contributed by atoms with Gasteiger partial charge in [0.15, 0.2) is 0 Å². The van der Waals surface area contributed by atoms with Gasteiger partial charge in [0, 0.05) is 6.07 Å². The maximum absolute atomic E-state index is 12.9. The monoisotopic (exact) mass is 262 g/mol. The molecule has 0 fully saturated rings. The van der Waals surface area contributed by atoms with Crippen LogP contribution in [0.25, 0.3) is 0 Å². The molecule has 0 aliphatic carbocycles. The lowest BCUT2D eigenvalue weighted by Crippen LogP contribution is -1.84. The number of benzene rings is 2. The fourth-order valence-electron chi connectivity index (χ4n) is 1.27. The van der Waals surface area contributed by atoms with E-state index in [1.165, 1.54) is 17.7 Å². The lowest BCUT2D eigenvalue weighted by Gasteiger charge is -2.05. The van der Waals surface area contributed by atoms with Crippen LogP contribution in [-0.4, -0.2) is 0 Å². The van der Waals surface area contributed by atoms with Crippen LogP contribution in [0.2, 0.25) is 0 Å². The van der Waals surface area contributed by atoms with Gasteiger partial charge >= 0.3 is 0 Å². The van der Waals surface area contributed by atoms with Crippen molar-refractivity contribution < 1.29 is 9.13 Å². The second-order valence-electron chi connectivity index (χ2n) is 3.37. The van der Waals surface area contributed by atoms with Gasteiger partial charge in [-0.2, -0.15) is 0 Å². The summed E-state index contributed by atoms with van der Waals surface area (Å²) in [6, 6.07) is 13.7. The molecule has 19 heavy (non-hydrogen) atoms. The van der Waals surface area contributed by atoms with Crippen LogP contribution in [0.5, 0.6) is 11.5 Å². The van der Waals surface area contributed by atoms with Crippen molar-refractivity contribution in [3.8, 4) is 11.5 Å². The maximum Gasteiger partial charge on any atom is 0.130 e. The SMILES string of the molecule is CC.CC.Cc1ccc(Oc2cccc(F)c2)cc1. The normalized spacial score (nSPS) is 8.53. The van der Waals surface area contributed by atoms with E-state index in [0.717, 1.165) is 0 Å². The molecule has 1 nitrogen and oxygen atoms in total. The Kier molecular flexibility index (Phi) is 9.15. The Balaban J connectivity index is 0.000000741. The summed E-state index contributed by atoms with van der Waals surface area (Å²) in [5.41, 5.74) is 1.17. The molecule has 0 amide bonds. The van der Waals surface area contributed by atoms with Crippen molar-refractivity contribution in [1.29, 1.82) is 0 Å². The maximum atomic E-state index is 12.9. The minimum atomic E-state index is -0.292. The van der Waals surface area contributed by atoms with Gasteiger partial charge < -0.3 is 4.74 Å². The Morgan fingerprint density at radius 1 is 0.789 bits per heavy atom. The van der Waals surface area contributed by atoms with Crippen molar-refractivity contribution >= 4 is 0 Å². The molecule has 2 heteroatoms. The van der Waals surface area contributed by atoms with E-state index in [-0.39, 0.29) is 5.82 Å². The first-order valence-corrected chi connectivity index (χ1v) is 6.74. The van der Waals surface area contributed by atoms with Gasteiger partial charge in [0.2, 0.25) is 0 Å². The van der Waals surface area contributed by atoms with Crippen molar-refractivity contribution in [3.05, 3.63) is 59.9 Å². The molecule has 104 valence electrons. The first kappa shape index (κ1) is 17.2. The standard InChI is InChI=1S/C13H11FO.2C2H6/c1-10-5-7-12(8-6-10)15-13-4-2-3-11(14)9-13;2*1-2/h2-9H,1H3;2*1-2H3. The zero-order chi connectivity index (χ0) is 14.7. The highest BCUT2D eigenvalue weighted by Crippen LogP contribution is 2.21. The number of aryl methyl sites for hydroxylation is 1. The molecule has 0 saturated carbocycles. The van der Waals surface area contributed by atoms with E-state index in [1.54, 1.807) is 12.1 Å². The predicted octanol–water partition coefficient (Wildman–Crippen LogP) is 5.98. The van der Waals surface area contributed by atoms with E-state index >= 15 is 0 Å². The van der Waals surface area contributed by atoms with Crippen molar-refractivity contribution in [3.63, 3.8) is 0 Å². The minimum Gasteiger partial charge on any atom is -0.457 e. The highest BCUT2D eigenvalue weighted by atomic mass is 19.1. The van der Waals surface area contributed by atoms with Gasteiger partial charge in [0.25, 0.3) is 0 Å². The van der Waals surface area contributed by atoms with Crippen LogP contribution in [0.1, 0.15) is 33.3 Å². The van der Waals surface area contributed by atoms with E-state index in [9.17, 15) is 4.39 Å². The average Bonchev–Trinajstić information content (AvgIpc) is 2.46. The third-order valence-electron chi connectivity index (χ3n) is 2.05. The van der Waals surface area contributed by atoms with E-state index in [4.69, 9.17) is 4.74 Å². The third-order valence-corrected chi connectivity index (χ3v) is 2.05. The topological polar surface area (TPSA) is 9.23 Å². The molecule has 0 radical (unpaired) electrons. The lowest BCUT2D eigenvalue weighted by molar-refractivity contribution is 0.476. The van der Waals surface area contributed by atoms with Crippen LogP contribution < -0.4 is 4.74 Å². The Morgan fingerprint density at radius 2 is 1.37 bits per heavy atom. The molecule has 0 aliphatic heterocycles. The Morgan fingerprint density at radius 3 is 1.89 bits per heavy atom. The van der Waals surface area contributed by atoms with Gasteiger partial charge in [-0.05, 0) is 31.2 Å². The smallest absolute Gasteiger partial charge is 0.130 e. The van der Waals surface area contributed by atoms with Crippen LogP contribution in [0.15, 0.2) is 48.5 Å². The zero-order valence-electron chi connectivity index (χ0n) is 12.4. The van der Waals surface area contributed by atoms with Gasteiger partial charge in [0.1, 0.15) is 17.3 Å². The highest BCUT2D eigenvalue weighted by molar-refractivity contribution is 5.32. The first-order chi connectivity index (χ1) is 9.24. The van der Waals surface area contributed by atoms with Crippen LogP contribution in [0.3, 0.4) is 0 Å². The molecule has 0 unspecified atom stereocenters. The summed E-state index contributed by atoms with van der Waals surface area (Å²) < 4.78 is 18.3. The molecular weight excluding hydrogens is 239 g/mol. The number of halogens is 1. The Hall–Kier alpha value is -1.83. The summed E-state index contributed by atoms with van der Waals surface area (Å²) in [5, 5.41) is 0. The molecule has 0 heterocycles. The molecule has 0 N–H and O–H groups in total. The third kappa shape index (κ3) is 6.61. The second kappa shape index (κ2) is 10.1. The average molecular weight is 262 g/mol. The van der Waals surface area contributed by atoms with Crippen molar-refractivity contribution in [2.24, 2.45) is 0 Å². The van der Waals surface area contributed by atoms with E-state index in [1.807, 2.05) is 58.9 Å². The van der Waals surface area contributed by atoms with Gasteiger partial charge in [0.05, 0.1) is 0 Å². The molecule has 2 aromatic carbocycles. The number of rotatable bonds is 2. The number of hydrogen-bond acceptors (Lipinski definition) is 1. The molecule has 0 saturated heterocycles. The van der Waals surface area contributed by atoms with Crippen LogP contribution in [0.4, 0.5) is 4.39 Å². The molecule has 0 aromatic heterocycles. The van der Waals surface area contributed by atoms with Gasteiger partial charge in [-0.25, -0.2) is 4.39 Å². The quantitative estimate of drug-likeness (QED) is 0.647. The summed E-state index contributed by atoms with van der Waals surface area (Å²) in [4.78, 5) is 0. The molecule has 0 spiro atoms. The fourth-order valence-corrected chi connectivity index (χ4v) is 1.27. The molecule has 2 aromatic rings. The largest absolute Gasteiger partial charge is 0.457 e. The highest BCUT2D eigenvalue weighted by Gasteiger charge is 1.97. The molecule has 0 atom stereocenters. The first-order valence-electron chi connectivity index (χ1n) is 6.74. The molecule has 0 bridgehead atoms. The summed E-state index contributed by atoms with van der Waals surface area (Å²) in [6.45, 7) is 10.0. The fraction of sp³-hybridized carbons (Fsp3) is 0.294. The molecule has 2 rings (SSSR count). The van der Waals surface area contributed by atoms with Gasteiger partial charge in [-0.15, -0.1) is 0 Å². The van der Waals surface area contributed by atoms with Crippen molar-refractivity contribution in [2.45, 2.75) is 34.6 Å². The minimum absolute atomic E-state index is 0.292. The second-order valence-corrected chi connectivity index (χ2v) is 3.37. The summed E-state index contributed by atoms with van der Waals surface area (Å²) in [6.07, 6.45) is 0. The van der Waals surface area contributed by atoms with E-state index in [2.05, 4.69) is 0 Å². The van der Waals surface area contributed by atoms with Gasteiger partial charge in [-0.1, -0.05) is 51.5 Å². The molecule has 0 aliphatic rings. The molecular formula is C17H23FO. The van der Waals surface area contributed by atoms with Crippen LogP contribution in [0, 0.1) is 12.7 Å². The number of ether oxygens (including phenoxy) is 1. The van der Waals surface area contributed by atoms with Crippen LogP contribution >= 0.6 is 0 Å². The van der Waals surface area contributed by atoms with Crippen molar-refractivity contribution in [1.82, 2.24) is 0 Å². The Labute approximate surface area is 116 Å². The number of hydrogen-bond donors (Lipinski definition) is 0.